The molecule has 1 aromatic carbocycles. The molecular weight excluding hydrogens is 368 g/mol. The second-order valence-corrected chi connectivity index (χ2v) is 7.08. The van der Waals surface area contributed by atoms with Crippen molar-refractivity contribution in [2.45, 2.75) is 40.3 Å². The van der Waals surface area contributed by atoms with E-state index in [1.807, 2.05) is 19.9 Å². The Hall–Kier alpha value is -2.78. The second kappa shape index (κ2) is 8.28. The number of aromatic hydroxyl groups is 1. The number of carbonyl (C=O) groups is 1. The highest BCUT2D eigenvalue weighted by Crippen LogP contribution is 2.28. The van der Waals surface area contributed by atoms with Gasteiger partial charge in [-0.15, -0.1) is 0 Å². The van der Waals surface area contributed by atoms with Crippen LogP contribution in [0, 0.1) is 24.2 Å². The maximum absolute atomic E-state index is 13.0. The summed E-state index contributed by atoms with van der Waals surface area (Å²) in [5.74, 6) is -0.639. The zero-order chi connectivity index (χ0) is 20.3. The number of Topliss-reactive ketones (excluding diaryl/α,β-unsaturated/α-hetero) is 1. The van der Waals surface area contributed by atoms with Gasteiger partial charge in [0.15, 0.2) is 6.10 Å². The maximum Gasteiger partial charge on any atom is 0.271 e. The first kappa shape index (κ1) is 20.5. The predicted octanol–water partition coefficient (Wildman–Crippen LogP) is 3.69. The molecule has 0 bridgehead atoms. The van der Waals surface area contributed by atoms with Crippen LogP contribution in [0.1, 0.15) is 42.3 Å². The fourth-order valence-corrected chi connectivity index (χ4v) is 2.95. The molecule has 0 aliphatic heterocycles. The highest BCUT2D eigenvalue weighted by Gasteiger charge is 2.28. The Morgan fingerprint density at radius 2 is 1.96 bits per heavy atom. The fraction of sp³-hybridized carbons (Fsp3) is 0.350. The third-order valence-corrected chi connectivity index (χ3v) is 4.42. The SMILES string of the molecule is Cc1c(C(=O)C(C)Oc2ccccc2Cl)c(O)n(CC(C)C)c(=O)c1C#N. The summed E-state index contributed by atoms with van der Waals surface area (Å²) in [7, 11) is 0. The van der Waals surface area contributed by atoms with Gasteiger partial charge in [0.25, 0.3) is 5.56 Å². The zero-order valence-electron chi connectivity index (χ0n) is 15.6. The lowest BCUT2D eigenvalue weighted by molar-refractivity contribution is 0.0812. The summed E-state index contributed by atoms with van der Waals surface area (Å²) in [6.07, 6.45) is -0.981. The van der Waals surface area contributed by atoms with Crippen LogP contribution in [0.3, 0.4) is 0 Å². The molecule has 1 unspecified atom stereocenters. The lowest BCUT2D eigenvalue weighted by Crippen LogP contribution is -2.31. The third kappa shape index (κ3) is 4.15. The number of carbonyl (C=O) groups excluding carboxylic acids is 1. The van der Waals surface area contributed by atoms with E-state index in [1.165, 1.54) is 13.8 Å². The van der Waals surface area contributed by atoms with Crippen molar-refractivity contribution in [2.24, 2.45) is 5.92 Å². The molecule has 1 heterocycles. The van der Waals surface area contributed by atoms with Crippen LogP contribution in [0.5, 0.6) is 11.6 Å². The summed E-state index contributed by atoms with van der Waals surface area (Å²) in [5.41, 5.74) is -0.731. The maximum atomic E-state index is 13.0. The minimum absolute atomic E-state index is 0.0302. The molecule has 6 nitrogen and oxygen atoms in total. The van der Waals surface area contributed by atoms with Crippen molar-refractivity contribution in [3.05, 3.63) is 56.3 Å². The van der Waals surface area contributed by atoms with E-state index in [0.29, 0.717) is 10.8 Å². The quantitative estimate of drug-likeness (QED) is 0.762. The molecule has 0 amide bonds. The Labute approximate surface area is 162 Å². The van der Waals surface area contributed by atoms with Crippen LogP contribution < -0.4 is 10.3 Å². The Morgan fingerprint density at radius 1 is 1.33 bits per heavy atom. The van der Waals surface area contributed by atoms with Gasteiger partial charge in [0.05, 0.1) is 10.6 Å². The van der Waals surface area contributed by atoms with E-state index in [1.54, 1.807) is 24.3 Å². The number of pyridine rings is 1. The van der Waals surface area contributed by atoms with E-state index >= 15 is 0 Å². The van der Waals surface area contributed by atoms with Crippen molar-refractivity contribution in [2.75, 3.05) is 0 Å². The number of benzene rings is 1. The number of hydrogen-bond donors (Lipinski definition) is 1. The van der Waals surface area contributed by atoms with Crippen molar-refractivity contribution in [3.8, 4) is 17.7 Å². The average Bonchev–Trinajstić information content (AvgIpc) is 2.60. The van der Waals surface area contributed by atoms with E-state index in [2.05, 4.69) is 0 Å². The molecule has 1 N–H and O–H groups in total. The van der Waals surface area contributed by atoms with Crippen LogP contribution in [0.25, 0.3) is 0 Å². The Bertz CT molecular complexity index is 973. The highest BCUT2D eigenvalue weighted by atomic mass is 35.5. The standard InChI is InChI=1S/C20H21ClN2O4/c1-11(2)10-23-19(25)14(9-22)12(3)17(20(23)26)18(24)13(4)27-16-8-6-5-7-15(16)21/h5-8,11,13,26H,10H2,1-4H3. The van der Waals surface area contributed by atoms with Gasteiger partial charge in [0.1, 0.15) is 17.4 Å². The van der Waals surface area contributed by atoms with E-state index < -0.39 is 23.3 Å². The monoisotopic (exact) mass is 388 g/mol. The van der Waals surface area contributed by atoms with E-state index in [4.69, 9.17) is 16.3 Å². The molecule has 0 aliphatic carbocycles. The zero-order valence-corrected chi connectivity index (χ0v) is 16.4. The topological polar surface area (TPSA) is 92.3 Å². The van der Waals surface area contributed by atoms with Crippen molar-refractivity contribution in [1.82, 2.24) is 4.57 Å². The van der Waals surface area contributed by atoms with Crippen LogP contribution in [-0.2, 0) is 6.54 Å². The van der Waals surface area contributed by atoms with E-state index in [0.717, 1.165) is 4.57 Å². The minimum Gasteiger partial charge on any atom is -0.494 e. The smallest absolute Gasteiger partial charge is 0.271 e. The number of ketones is 1. The first-order chi connectivity index (χ1) is 12.7. The number of hydrogen-bond acceptors (Lipinski definition) is 5. The molecule has 0 radical (unpaired) electrons. The molecule has 2 rings (SSSR count). The van der Waals surface area contributed by atoms with Gasteiger partial charge in [-0.3, -0.25) is 14.2 Å². The van der Waals surface area contributed by atoms with Gasteiger partial charge in [-0.1, -0.05) is 37.6 Å². The summed E-state index contributed by atoms with van der Waals surface area (Å²) in [6, 6.07) is 8.55. The van der Waals surface area contributed by atoms with Gasteiger partial charge in [-0.05, 0) is 37.5 Å². The van der Waals surface area contributed by atoms with Gasteiger partial charge in [-0.2, -0.15) is 5.26 Å². The van der Waals surface area contributed by atoms with Gasteiger partial charge in [0, 0.05) is 6.54 Å². The lowest BCUT2D eigenvalue weighted by Gasteiger charge is -2.20. The number of rotatable bonds is 6. The van der Waals surface area contributed by atoms with Crippen LogP contribution in [0.2, 0.25) is 5.02 Å². The minimum atomic E-state index is -0.981. The van der Waals surface area contributed by atoms with Crippen LogP contribution >= 0.6 is 11.6 Å². The molecule has 0 aliphatic rings. The van der Waals surface area contributed by atoms with Crippen LogP contribution in [-0.4, -0.2) is 21.6 Å². The molecule has 1 atom stereocenters. The van der Waals surface area contributed by atoms with E-state index in [9.17, 15) is 20.0 Å². The van der Waals surface area contributed by atoms with Crippen molar-refractivity contribution in [3.63, 3.8) is 0 Å². The molecule has 27 heavy (non-hydrogen) atoms. The lowest BCUT2D eigenvalue weighted by atomic mass is 9.99. The fourth-order valence-electron chi connectivity index (χ4n) is 2.77. The van der Waals surface area contributed by atoms with E-state index in [-0.39, 0.29) is 29.2 Å². The molecule has 0 saturated carbocycles. The van der Waals surface area contributed by atoms with Gasteiger partial charge < -0.3 is 9.84 Å². The summed E-state index contributed by atoms with van der Waals surface area (Å²) in [6.45, 7) is 6.90. The molecule has 2 aromatic rings. The van der Waals surface area contributed by atoms with Gasteiger partial charge in [0.2, 0.25) is 11.7 Å². The molecule has 1 aromatic heterocycles. The molecule has 7 heteroatoms. The second-order valence-electron chi connectivity index (χ2n) is 6.67. The molecular formula is C20H21ClN2O4. The largest absolute Gasteiger partial charge is 0.494 e. The number of aromatic nitrogens is 1. The molecule has 0 fully saturated rings. The number of para-hydroxylation sites is 1. The Balaban J connectivity index is 2.53. The summed E-state index contributed by atoms with van der Waals surface area (Å²) >= 11 is 6.06. The summed E-state index contributed by atoms with van der Waals surface area (Å²) < 4.78 is 6.69. The predicted molar refractivity (Wildman–Crippen MR) is 103 cm³/mol. The van der Waals surface area contributed by atoms with Crippen LogP contribution in [0.15, 0.2) is 29.1 Å². The highest BCUT2D eigenvalue weighted by molar-refractivity contribution is 6.32. The number of nitrogens with zero attached hydrogens (tertiary/aromatic N) is 2. The first-order valence-electron chi connectivity index (χ1n) is 8.50. The van der Waals surface area contributed by atoms with Gasteiger partial charge in [-0.25, -0.2) is 0 Å². The van der Waals surface area contributed by atoms with Gasteiger partial charge >= 0.3 is 0 Å². The Morgan fingerprint density at radius 3 is 2.52 bits per heavy atom. The number of ether oxygens (including phenoxy) is 1. The first-order valence-corrected chi connectivity index (χ1v) is 8.88. The number of halogens is 1. The molecule has 0 spiro atoms. The van der Waals surface area contributed by atoms with Crippen LogP contribution in [0.4, 0.5) is 0 Å². The average molecular weight is 389 g/mol. The van der Waals surface area contributed by atoms with Crippen molar-refractivity contribution < 1.29 is 14.6 Å². The summed E-state index contributed by atoms with van der Waals surface area (Å²) in [5, 5.41) is 20.3. The number of nitriles is 1. The van der Waals surface area contributed by atoms with Crippen molar-refractivity contribution in [1.29, 1.82) is 5.26 Å². The summed E-state index contributed by atoms with van der Waals surface area (Å²) in [4.78, 5) is 25.4. The molecule has 0 saturated heterocycles. The Kier molecular flexibility index (Phi) is 6.29. The van der Waals surface area contributed by atoms with Crippen molar-refractivity contribution >= 4 is 17.4 Å². The third-order valence-electron chi connectivity index (χ3n) is 4.10. The normalized spacial score (nSPS) is 11.9. The molecule has 142 valence electrons.